The van der Waals surface area contributed by atoms with Gasteiger partial charge in [0.2, 0.25) is 0 Å². The number of rotatable bonds is 4. The van der Waals surface area contributed by atoms with E-state index in [0.29, 0.717) is 23.7 Å². The van der Waals surface area contributed by atoms with Crippen LogP contribution in [-0.4, -0.2) is 54.7 Å². The van der Waals surface area contributed by atoms with Gasteiger partial charge in [-0.05, 0) is 25.8 Å². The zero-order chi connectivity index (χ0) is 14.8. The Bertz CT molecular complexity index is 522. The van der Waals surface area contributed by atoms with E-state index < -0.39 is 0 Å². The third-order valence-corrected chi connectivity index (χ3v) is 4.14. The Labute approximate surface area is 124 Å². The van der Waals surface area contributed by atoms with Crippen molar-refractivity contribution in [2.75, 3.05) is 43.4 Å². The number of aromatic nitrogens is 1. The van der Waals surface area contributed by atoms with Crippen molar-refractivity contribution in [3.8, 4) is 0 Å². The molecule has 1 saturated carbocycles. The molecule has 2 N–H and O–H groups in total. The fraction of sp³-hybridized carbons (Fsp3) is 0.600. The lowest BCUT2D eigenvalue weighted by Crippen LogP contribution is -2.47. The number of pyridine rings is 1. The number of ether oxygens (including phenoxy) is 1. The molecule has 0 bridgehead atoms. The fourth-order valence-corrected chi connectivity index (χ4v) is 2.84. The van der Waals surface area contributed by atoms with Crippen molar-refractivity contribution < 1.29 is 9.53 Å². The van der Waals surface area contributed by atoms with Crippen LogP contribution in [0.2, 0.25) is 0 Å². The van der Waals surface area contributed by atoms with Gasteiger partial charge in [-0.2, -0.15) is 0 Å². The quantitative estimate of drug-likeness (QED) is 0.838. The zero-order valence-corrected chi connectivity index (χ0v) is 12.4. The summed E-state index contributed by atoms with van der Waals surface area (Å²) in [5.74, 6) is 0.325. The molecule has 0 atom stereocenters. The summed E-state index contributed by atoms with van der Waals surface area (Å²) in [5.41, 5.74) is 6.97. The van der Waals surface area contributed by atoms with E-state index in [2.05, 4.69) is 14.8 Å². The molecule has 1 aliphatic heterocycles. The first-order valence-corrected chi connectivity index (χ1v) is 7.61. The van der Waals surface area contributed by atoms with E-state index in [-0.39, 0.29) is 5.97 Å². The largest absolute Gasteiger partial charge is 0.462 e. The van der Waals surface area contributed by atoms with Crippen molar-refractivity contribution in [2.24, 2.45) is 0 Å². The topological polar surface area (TPSA) is 71.7 Å². The molecule has 114 valence electrons. The molecule has 2 fully saturated rings. The minimum absolute atomic E-state index is 0.343. The standard InChI is InChI=1S/C15H22N4O2/c1-2-21-15(20)12-5-6-17-14(13(12)16)19-9-7-18(8-10-19)11-3-4-11/h5-6,11H,2-4,7-10,16H2,1H3. The van der Waals surface area contributed by atoms with Crippen LogP contribution in [0.4, 0.5) is 11.5 Å². The molecule has 6 nitrogen and oxygen atoms in total. The summed E-state index contributed by atoms with van der Waals surface area (Å²) in [4.78, 5) is 21.0. The van der Waals surface area contributed by atoms with Crippen molar-refractivity contribution in [1.29, 1.82) is 0 Å². The average molecular weight is 290 g/mol. The van der Waals surface area contributed by atoms with E-state index >= 15 is 0 Å². The molecular weight excluding hydrogens is 268 g/mol. The maximum atomic E-state index is 11.9. The molecule has 2 heterocycles. The predicted octanol–water partition coefficient (Wildman–Crippen LogP) is 1.12. The molecule has 0 aromatic carbocycles. The van der Waals surface area contributed by atoms with Gasteiger partial charge in [-0.15, -0.1) is 0 Å². The lowest BCUT2D eigenvalue weighted by Gasteiger charge is -2.36. The van der Waals surface area contributed by atoms with Gasteiger partial charge in [-0.1, -0.05) is 0 Å². The summed E-state index contributed by atoms with van der Waals surface area (Å²) >= 11 is 0. The number of carbonyl (C=O) groups is 1. The Morgan fingerprint density at radius 2 is 2.10 bits per heavy atom. The normalized spacial score (nSPS) is 19.6. The summed E-state index contributed by atoms with van der Waals surface area (Å²) in [5, 5.41) is 0. The van der Waals surface area contributed by atoms with Crippen LogP contribution in [0.3, 0.4) is 0 Å². The smallest absolute Gasteiger partial charge is 0.340 e. The van der Waals surface area contributed by atoms with Gasteiger partial charge in [0.05, 0.1) is 17.9 Å². The van der Waals surface area contributed by atoms with Crippen LogP contribution in [0.25, 0.3) is 0 Å². The molecule has 2 aliphatic rings. The summed E-state index contributed by atoms with van der Waals surface area (Å²) in [6.07, 6.45) is 4.29. The highest BCUT2D eigenvalue weighted by molar-refractivity contribution is 5.97. The number of hydrogen-bond acceptors (Lipinski definition) is 6. The van der Waals surface area contributed by atoms with Gasteiger partial charge in [0.1, 0.15) is 0 Å². The zero-order valence-electron chi connectivity index (χ0n) is 12.4. The molecule has 6 heteroatoms. The van der Waals surface area contributed by atoms with Gasteiger partial charge in [-0.25, -0.2) is 9.78 Å². The van der Waals surface area contributed by atoms with Gasteiger partial charge in [0, 0.05) is 38.4 Å². The number of nitrogens with zero attached hydrogens (tertiary/aromatic N) is 3. The molecule has 0 spiro atoms. The Morgan fingerprint density at radius 1 is 1.38 bits per heavy atom. The van der Waals surface area contributed by atoms with E-state index in [9.17, 15) is 4.79 Å². The van der Waals surface area contributed by atoms with Gasteiger partial charge in [0.15, 0.2) is 5.82 Å². The summed E-state index contributed by atoms with van der Waals surface area (Å²) < 4.78 is 5.03. The van der Waals surface area contributed by atoms with Crippen molar-refractivity contribution in [3.63, 3.8) is 0 Å². The highest BCUT2D eigenvalue weighted by atomic mass is 16.5. The third kappa shape index (κ3) is 2.95. The first-order valence-electron chi connectivity index (χ1n) is 7.61. The van der Waals surface area contributed by atoms with Gasteiger partial charge < -0.3 is 15.4 Å². The third-order valence-electron chi connectivity index (χ3n) is 4.14. The maximum Gasteiger partial charge on any atom is 0.340 e. The second-order valence-corrected chi connectivity index (χ2v) is 5.57. The van der Waals surface area contributed by atoms with Gasteiger partial charge in [-0.3, -0.25) is 4.90 Å². The lowest BCUT2D eigenvalue weighted by molar-refractivity contribution is 0.0527. The number of nitrogens with two attached hydrogens (primary N) is 1. The molecule has 0 amide bonds. The number of hydrogen-bond donors (Lipinski definition) is 1. The first-order chi connectivity index (χ1) is 10.2. The predicted molar refractivity (Wildman–Crippen MR) is 81.4 cm³/mol. The minimum Gasteiger partial charge on any atom is -0.462 e. The molecule has 0 radical (unpaired) electrons. The highest BCUT2D eigenvalue weighted by Crippen LogP contribution is 2.30. The number of piperazine rings is 1. The van der Waals surface area contributed by atoms with Crippen LogP contribution in [0, 0.1) is 0 Å². The van der Waals surface area contributed by atoms with E-state index in [1.54, 1.807) is 19.2 Å². The van der Waals surface area contributed by atoms with E-state index in [1.807, 2.05) is 0 Å². The minimum atomic E-state index is -0.379. The summed E-state index contributed by atoms with van der Waals surface area (Å²) in [6.45, 7) is 6.01. The molecular formula is C15H22N4O2. The molecule has 1 aliphatic carbocycles. The maximum absolute atomic E-state index is 11.9. The van der Waals surface area contributed by atoms with E-state index in [0.717, 1.165) is 32.2 Å². The highest BCUT2D eigenvalue weighted by Gasteiger charge is 2.32. The van der Waals surface area contributed by atoms with Gasteiger partial charge >= 0.3 is 5.97 Å². The van der Waals surface area contributed by atoms with E-state index in [4.69, 9.17) is 10.5 Å². The summed E-state index contributed by atoms with van der Waals surface area (Å²) in [7, 11) is 0. The van der Waals surface area contributed by atoms with Crippen LogP contribution >= 0.6 is 0 Å². The second-order valence-electron chi connectivity index (χ2n) is 5.57. The Hall–Kier alpha value is -1.82. The molecule has 21 heavy (non-hydrogen) atoms. The van der Waals surface area contributed by atoms with Crippen molar-refractivity contribution in [2.45, 2.75) is 25.8 Å². The lowest BCUT2D eigenvalue weighted by atomic mass is 10.2. The number of esters is 1. The molecule has 1 aromatic rings. The number of carbonyl (C=O) groups excluding carboxylic acids is 1. The van der Waals surface area contributed by atoms with Gasteiger partial charge in [0.25, 0.3) is 0 Å². The first kappa shape index (κ1) is 14.1. The van der Waals surface area contributed by atoms with Crippen LogP contribution in [0.5, 0.6) is 0 Å². The number of nitrogen functional groups attached to an aromatic ring is 1. The molecule has 3 rings (SSSR count). The van der Waals surface area contributed by atoms with Crippen molar-refractivity contribution in [3.05, 3.63) is 17.8 Å². The van der Waals surface area contributed by atoms with Crippen molar-refractivity contribution in [1.82, 2.24) is 9.88 Å². The second kappa shape index (κ2) is 5.89. The average Bonchev–Trinajstić information content (AvgIpc) is 3.33. The molecule has 1 saturated heterocycles. The fourth-order valence-electron chi connectivity index (χ4n) is 2.84. The van der Waals surface area contributed by atoms with Crippen LogP contribution in [0.15, 0.2) is 12.3 Å². The number of anilines is 2. The SMILES string of the molecule is CCOC(=O)c1ccnc(N2CCN(C3CC3)CC2)c1N. The van der Waals surface area contributed by atoms with Crippen LogP contribution in [0.1, 0.15) is 30.1 Å². The van der Waals surface area contributed by atoms with E-state index in [1.165, 1.54) is 12.8 Å². The monoisotopic (exact) mass is 290 g/mol. The summed E-state index contributed by atoms with van der Waals surface area (Å²) in [6, 6.07) is 2.42. The molecule has 0 unspecified atom stereocenters. The van der Waals surface area contributed by atoms with Crippen molar-refractivity contribution >= 4 is 17.5 Å². The Kier molecular flexibility index (Phi) is 3.96. The Balaban J connectivity index is 1.73. The Morgan fingerprint density at radius 3 is 2.71 bits per heavy atom. The van der Waals surface area contributed by atoms with Crippen LogP contribution < -0.4 is 10.6 Å². The molecule has 1 aromatic heterocycles. The van der Waals surface area contributed by atoms with Crippen LogP contribution in [-0.2, 0) is 4.74 Å².